The number of phenols is 2. The zero-order valence-corrected chi connectivity index (χ0v) is 10.6. The molecule has 0 aliphatic carbocycles. The Morgan fingerprint density at radius 2 is 2.21 bits per heavy atom. The Bertz CT molecular complexity index is 476. The third kappa shape index (κ3) is 2.80. The fourth-order valence-electron chi connectivity index (χ4n) is 2.07. The van der Waals surface area contributed by atoms with E-state index in [0.29, 0.717) is 6.61 Å². The van der Waals surface area contributed by atoms with Crippen molar-refractivity contribution in [3.63, 3.8) is 0 Å². The van der Waals surface area contributed by atoms with Crippen LogP contribution < -0.4 is 0 Å². The van der Waals surface area contributed by atoms with Crippen LogP contribution in [0.3, 0.4) is 0 Å². The van der Waals surface area contributed by atoms with E-state index in [9.17, 15) is 15.0 Å². The highest BCUT2D eigenvalue weighted by atomic mass is 16.5. The van der Waals surface area contributed by atoms with Gasteiger partial charge in [0.25, 0.3) is 5.91 Å². The molecule has 1 aromatic rings. The number of aliphatic hydroxyl groups is 1. The largest absolute Gasteiger partial charge is 0.508 e. The molecule has 1 heterocycles. The standard InChI is InChI=1S/C13H17NO5/c1-8-7-19-10(6-15)5-14(8)13(18)11-3-2-9(16)4-12(11)17/h2-4,8,10,15-17H,5-7H2,1H3. The molecular weight excluding hydrogens is 250 g/mol. The van der Waals surface area contributed by atoms with Gasteiger partial charge in [0.05, 0.1) is 30.9 Å². The summed E-state index contributed by atoms with van der Waals surface area (Å²) in [5.41, 5.74) is 0.128. The van der Waals surface area contributed by atoms with Crippen molar-refractivity contribution >= 4 is 5.91 Å². The molecule has 1 aliphatic rings. The van der Waals surface area contributed by atoms with Crippen molar-refractivity contribution in [3.05, 3.63) is 23.8 Å². The van der Waals surface area contributed by atoms with Crippen LogP contribution in [0.2, 0.25) is 0 Å². The van der Waals surface area contributed by atoms with Crippen molar-refractivity contribution in [2.24, 2.45) is 0 Å². The van der Waals surface area contributed by atoms with Gasteiger partial charge in [-0.15, -0.1) is 0 Å². The number of benzene rings is 1. The summed E-state index contributed by atoms with van der Waals surface area (Å²) in [5.74, 6) is -0.701. The van der Waals surface area contributed by atoms with Gasteiger partial charge < -0.3 is 25.0 Å². The fraction of sp³-hybridized carbons (Fsp3) is 0.462. The number of aliphatic hydroxyl groups excluding tert-OH is 1. The maximum absolute atomic E-state index is 12.4. The summed E-state index contributed by atoms with van der Waals surface area (Å²) in [4.78, 5) is 13.9. The zero-order chi connectivity index (χ0) is 14.0. The lowest BCUT2D eigenvalue weighted by Gasteiger charge is -2.37. The summed E-state index contributed by atoms with van der Waals surface area (Å²) in [6, 6.07) is 3.72. The molecule has 6 nitrogen and oxygen atoms in total. The van der Waals surface area contributed by atoms with Crippen molar-refractivity contribution in [1.29, 1.82) is 0 Å². The van der Waals surface area contributed by atoms with Gasteiger partial charge in [-0.3, -0.25) is 4.79 Å². The Labute approximate surface area is 110 Å². The minimum Gasteiger partial charge on any atom is -0.508 e. The molecule has 1 fully saturated rings. The summed E-state index contributed by atoms with van der Waals surface area (Å²) < 4.78 is 5.36. The molecule has 1 aromatic carbocycles. The topological polar surface area (TPSA) is 90.2 Å². The van der Waals surface area contributed by atoms with E-state index in [1.54, 1.807) is 4.90 Å². The first-order valence-corrected chi connectivity index (χ1v) is 6.08. The van der Waals surface area contributed by atoms with Crippen LogP contribution >= 0.6 is 0 Å². The van der Waals surface area contributed by atoms with E-state index < -0.39 is 6.10 Å². The van der Waals surface area contributed by atoms with E-state index in [0.717, 1.165) is 6.07 Å². The Hall–Kier alpha value is -1.79. The molecule has 1 amide bonds. The van der Waals surface area contributed by atoms with Gasteiger partial charge in [0.1, 0.15) is 11.5 Å². The van der Waals surface area contributed by atoms with Crippen LogP contribution in [0.25, 0.3) is 0 Å². The van der Waals surface area contributed by atoms with Gasteiger partial charge in [0.2, 0.25) is 0 Å². The predicted molar refractivity (Wildman–Crippen MR) is 67.1 cm³/mol. The van der Waals surface area contributed by atoms with E-state index in [1.165, 1.54) is 12.1 Å². The molecule has 2 rings (SSSR count). The quantitative estimate of drug-likeness (QED) is 0.718. The maximum Gasteiger partial charge on any atom is 0.258 e. The maximum atomic E-state index is 12.4. The Balaban J connectivity index is 2.22. The number of aromatic hydroxyl groups is 2. The lowest BCUT2D eigenvalue weighted by Crippen LogP contribution is -2.52. The molecule has 19 heavy (non-hydrogen) atoms. The van der Waals surface area contributed by atoms with Crippen LogP contribution in [0, 0.1) is 0 Å². The molecule has 0 spiro atoms. The van der Waals surface area contributed by atoms with E-state index in [-0.39, 0.29) is 42.2 Å². The molecule has 1 saturated heterocycles. The second-order valence-electron chi connectivity index (χ2n) is 4.65. The summed E-state index contributed by atoms with van der Waals surface area (Å²) in [7, 11) is 0. The van der Waals surface area contributed by atoms with Crippen molar-refractivity contribution in [3.8, 4) is 11.5 Å². The number of carbonyl (C=O) groups excluding carboxylic acids is 1. The molecule has 3 N–H and O–H groups in total. The van der Waals surface area contributed by atoms with Gasteiger partial charge in [-0.05, 0) is 19.1 Å². The molecule has 0 aromatic heterocycles. The Morgan fingerprint density at radius 3 is 2.84 bits per heavy atom. The summed E-state index contributed by atoms with van der Waals surface area (Å²) >= 11 is 0. The van der Waals surface area contributed by atoms with Crippen molar-refractivity contribution < 1.29 is 24.9 Å². The number of phenolic OH excluding ortho intramolecular Hbond substituents is 2. The third-order valence-corrected chi connectivity index (χ3v) is 3.18. The summed E-state index contributed by atoms with van der Waals surface area (Å²) in [6.07, 6.45) is -0.403. The Morgan fingerprint density at radius 1 is 1.47 bits per heavy atom. The van der Waals surface area contributed by atoms with E-state index in [1.807, 2.05) is 6.92 Å². The van der Waals surface area contributed by atoms with Gasteiger partial charge in [-0.1, -0.05) is 0 Å². The van der Waals surface area contributed by atoms with Crippen molar-refractivity contribution in [2.45, 2.75) is 19.1 Å². The third-order valence-electron chi connectivity index (χ3n) is 3.18. The van der Waals surface area contributed by atoms with Crippen molar-refractivity contribution in [1.82, 2.24) is 4.90 Å². The number of hydrogen-bond donors (Lipinski definition) is 3. The van der Waals surface area contributed by atoms with Gasteiger partial charge in [-0.2, -0.15) is 0 Å². The number of carbonyl (C=O) groups is 1. The van der Waals surface area contributed by atoms with Gasteiger partial charge in [0, 0.05) is 12.6 Å². The summed E-state index contributed by atoms with van der Waals surface area (Å²) in [6.45, 7) is 2.30. The van der Waals surface area contributed by atoms with Gasteiger partial charge in [-0.25, -0.2) is 0 Å². The Kier molecular flexibility index (Phi) is 3.92. The normalized spacial score (nSPS) is 23.4. The van der Waals surface area contributed by atoms with E-state index >= 15 is 0 Å². The number of nitrogens with zero attached hydrogens (tertiary/aromatic N) is 1. The molecule has 0 saturated carbocycles. The average molecular weight is 267 g/mol. The van der Waals surface area contributed by atoms with E-state index in [4.69, 9.17) is 9.84 Å². The lowest BCUT2D eigenvalue weighted by molar-refractivity contribution is -0.0667. The zero-order valence-electron chi connectivity index (χ0n) is 10.6. The molecule has 104 valence electrons. The highest BCUT2D eigenvalue weighted by Gasteiger charge is 2.30. The second-order valence-corrected chi connectivity index (χ2v) is 4.65. The van der Waals surface area contributed by atoms with Crippen LogP contribution in [0.5, 0.6) is 11.5 Å². The van der Waals surface area contributed by atoms with Crippen LogP contribution in [-0.4, -0.2) is 58.0 Å². The van der Waals surface area contributed by atoms with Crippen LogP contribution in [0.1, 0.15) is 17.3 Å². The lowest BCUT2D eigenvalue weighted by atomic mass is 10.1. The molecule has 0 bridgehead atoms. The molecule has 0 radical (unpaired) electrons. The number of amides is 1. The first-order valence-electron chi connectivity index (χ1n) is 6.08. The average Bonchev–Trinajstić information content (AvgIpc) is 2.38. The fourth-order valence-corrected chi connectivity index (χ4v) is 2.07. The van der Waals surface area contributed by atoms with Crippen molar-refractivity contribution in [2.75, 3.05) is 19.8 Å². The van der Waals surface area contributed by atoms with Gasteiger partial charge >= 0.3 is 0 Å². The van der Waals surface area contributed by atoms with Gasteiger partial charge in [0.15, 0.2) is 0 Å². The number of rotatable bonds is 2. The minimum atomic E-state index is -0.403. The second kappa shape index (κ2) is 5.46. The molecule has 6 heteroatoms. The number of ether oxygens (including phenoxy) is 1. The molecular formula is C13H17NO5. The monoisotopic (exact) mass is 267 g/mol. The van der Waals surface area contributed by atoms with Crippen LogP contribution in [0.4, 0.5) is 0 Å². The minimum absolute atomic E-state index is 0.0997. The van der Waals surface area contributed by atoms with Crippen LogP contribution in [-0.2, 0) is 4.74 Å². The van der Waals surface area contributed by atoms with Crippen LogP contribution in [0.15, 0.2) is 18.2 Å². The smallest absolute Gasteiger partial charge is 0.258 e. The summed E-state index contributed by atoms with van der Waals surface area (Å²) in [5, 5.41) is 28.0. The predicted octanol–water partition coefficient (Wildman–Crippen LogP) is 0.320. The molecule has 1 aliphatic heterocycles. The number of morpholine rings is 1. The first kappa shape index (κ1) is 13.6. The number of hydrogen-bond acceptors (Lipinski definition) is 5. The van der Waals surface area contributed by atoms with E-state index in [2.05, 4.69) is 0 Å². The highest BCUT2D eigenvalue weighted by molar-refractivity contribution is 5.97. The first-order chi connectivity index (χ1) is 9.02. The SMILES string of the molecule is CC1COC(CO)CN1C(=O)c1ccc(O)cc1O. The molecule has 2 atom stereocenters. The molecule has 2 unspecified atom stereocenters. The highest BCUT2D eigenvalue weighted by Crippen LogP contribution is 2.25.